The van der Waals surface area contributed by atoms with Crippen molar-refractivity contribution in [2.45, 2.75) is 84.8 Å². The van der Waals surface area contributed by atoms with Crippen molar-refractivity contribution in [2.24, 2.45) is 22.7 Å². The third-order valence-corrected chi connectivity index (χ3v) is 11.4. The summed E-state index contributed by atoms with van der Waals surface area (Å²) in [7, 11) is 1.42. The minimum Gasteiger partial charge on any atom is -0.507 e. The monoisotopic (exact) mass is 866 g/mol. The number of rotatable bonds is 3. The van der Waals surface area contributed by atoms with Gasteiger partial charge in [0.2, 0.25) is 5.78 Å². The number of carbonyl (C=O) groups is 4. The number of phenols is 2. The van der Waals surface area contributed by atoms with Gasteiger partial charge in [-0.3, -0.25) is 19.2 Å². The molecule has 1 fully saturated rings. The third-order valence-electron chi connectivity index (χ3n) is 10.9. The van der Waals surface area contributed by atoms with E-state index in [0.29, 0.717) is 0 Å². The Hall–Kier alpha value is -5.16. The Labute approximate surface area is 342 Å². The van der Waals surface area contributed by atoms with Gasteiger partial charge < -0.3 is 44.3 Å². The number of hydrogen-bond donors (Lipinski definition) is 4. The Morgan fingerprint density at radius 3 is 2.40 bits per heavy atom. The molecule has 0 aromatic heterocycles. The first kappa shape index (κ1) is 42.4. The number of nitrogens with one attached hydrogen (secondary N) is 1. The van der Waals surface area contributed by atoms with Crippen molar-refractivity contribution in [3.63, 3.8) is 0 Å². The Balaban J connectivity index is 1.53. The number of fused-ring (bicyclic) bond motifs is 9. The van der Waals surface area contributed by atoms with Crippen molar-refractivity contribution in [1.82, 2.24) is 5.32 Å². The van der Waals surface area contributed by atoms with Gasteiger partial charge in [0.05, 0.1) is 47.1 Å². The summed E-state index contributed by atoms with van der Waals surface area (Å²) in [6, 6.07) is 2.24. The highest BCUT2D eigenvalue weighted by atomic mass is 79.9. The summed E-state index contributed by atoms with van der Waals surface area (Å²) in [6.07, 6.45) is 4.32. The van der Waals surface area contributed by atoms with Crippen LogP contribution in [0.1, 0.15) is 73.4 Å². The molecule has 0 spiro atoms. The highest BCUT2D eigenvalue weighted by Crippen LogP contribution is 2.49. The van der Waals surface area contributed by atoms with Gasteiger partial charge >= 0.3 is 11.8 Å². The van der Waals surface area contributed by atoms with Crippen LogP contribution in [0.5, 0.6) is 17.2 Å². The molecule has 4 N–H and O–H groups in total. The van der Waals surface area contributed by atoms with Crippen LogP contribution >= 0.6 is 15.9 Å². The molecule has 1 amide bonds. The lowest BCUT2D eigenvalue weighted by Gasteiger charge is -2.33. The first-order chi connectivity index (χ1) is 27.3. The molecule has 7 rings (SSSR count). The second-order valence-corrected chi connectivity index (χ2v) is 15.9. The van der Waals surface area contributed by atoms with E-state index in [4.69, 9.17) is 23.7 Å². The van der Waals surface area contributed by atoms with Crippen LogP contribution in [-0.2, 0) is 28.5 Å². The Bertz CT molecular complexity index is 2220. The predicted octanol–water partition coefficient (Wildman–Crippen LogP) is 5.95. The number of hydrogen-bond acceptors (Lipinski definition) is 13. The molecule has 308 valence electrons. The Morgan fingerprint density at radius 1 is 1.03 bits per heavy atom. The standard InChI is InChI=1S/C42H44BrFN2O12/c1-17-10-9-11-18(2)41(53)46-26-16-25(45-32-24(44)14-23(43)15-27(32)48)29-30(35(26)51)33(49)20(4)37-31(29)40(52)42(7,58-37)55-13-12-28(54-8)19(3)38(56-22(6)47)39-34(50)21(5)36(17)57-39/h9-17,19,21,28,34,36,38-39,48-50H,1-8H3,(H,46,53)/b10-9+,13-12+,18-11-,45-25+/t17-,19+,21-,28-,34+,36-,38+,39+,42-/m0/s1. The maximum Gasteiger partial charge on any atom is 0.312 e. The van der Waals surface area contributed by atoms with Gasteiger partial charge in [0.15, 0.2) is 5.82 Å². The first-order valence-electron chi connectivity index (χ1n) is 18.5. The number of phenolic OH excluding ortho intramolecular Hbond substituents is 2. The molecule has 0 radical (unpaired) electrons. The van der Waals surface area contributed by atoms with Crippen molar-refractivity contribution < 1.29 is 62.6 Å². The van der Waals surface area contributed by atoms with Crippen LogP contribution in [0.3, 0.4) is 0 Å². The van der Waals surface area contributed by atoms with Gasteiger partial charge in [-0.25, -0.2) is 9.38 Å². The number of Topliss-reactive ketones (excluding diaryl/α,β-unsaturated/α-hetero) is 2. The van der Waals surface area contributed by atoms with E-state index in [-0.39, 0.29) is 49.8 Å². The summed E-state index contributed by atoms with van der Waals surface area (Å²) in [6.45, 7) is 10.9. The number of aliphatic hydroxyl groups is 1. The SMILES string of the molecule is CO[C@H]1/C=C/O[C@@]2(C)Oc3c(C)c(O)c4c(c3C2=O)/C(=N/c2c(O)cc(Br)cc2F)C=C(NC(=O)/C(C)=C\C=C\[C@H](C)[C@@H]2O[C@H]([C@H](O)[C@@H]2C)[C@H](OC(C)=O)[C@@H]1C)C4=O. The molecule has 4 aliphatic heterocycles. The van der Waals surface area contributed by atoms with Crippen LogP contribution in [0, 0.1) is 30.5 Å². The van der Waals surface area contributed by atoms with Gasteiger partial charge in [-0.05, 0) is 38.1 Å². The first-order valence-corrected chi connectivity index (χ1v) is 19.3. The number of esters is 1. The normalized spacial score (nSPS) is 32.5. The number of aliphatic imine (C=N–C) groups is 1. The molecule has 1 saturated heterocycles. The maximum absolute atomic E-state index is 15.4. The van der Waals surface area contributed by atoms with E-state index >= 15 is 4.39 Å². The fourth-order valence-corrected chi connectivity index (χ4v) is 8.10. The zero-order chi connectivity index (χ0) is 42.5. The highest BCUT2D eigenvalue weighted by Gasteiger charge is 2.52. The number of halogens is 2. The Kier molecular flexibility index (Phi) is 11.9. The number of benzene rings is 2. The second-order valence-electron chi connectivity index (χ2n) is 15.0. The van der Waals surface area contributed by atoms with Gasteiger partial charge in [0.1, 0.15) is 35.1 Å². The van der Waals surface area contributed by atoms with Crippen LogP contribution in [0.2, 0.25) is 0 Å². The van der Waals surface area contributed by atoms with Crippen molar-refractivity contribution in [2.75, 3.05) is 7.11 Å². The third kappa shape index (κ3) is 7.61. The predicted molar refractivity (Wildman–Crippen MR) is 210 cm³/mol. The quantitative estimate of drug-likeness (QED) is 0.265. The summed E-state index contributed by atoms with van der Waals surface area (Å²) in [5.74, 6) is -8.79. The number of allylic oxidation sites excluding steroid dienone is 4. The molecule has 0 unspecified atom stereocenters. The molecule has 1 aliphatic carbocycles. The molecular weight excluding hydrogens is 823 g/mol. The molecule has 16 heteroatoms. The summed E-state index contributed by atoms with van der Waals surface area (Å²) in [5.41, 5.74) is -1.96. The lowest BCUT2D eigenvalue weighted by atomic mass is 9.83. The molecule has 9 atom stereocenters. The molecule has 4 heterocycles. The number of nitrogens with zero attached hydrogens (tertiary/aromatic N) is 1. The summed E-state index contributed by atoms with van der Waals surface area (Å²) in [5, 5.41) is 36.2. The van der Waals surface area contributed by atoms with Crippen LogP contribution in [-0.4, -0.2) is 87.9 Å². The van der Waals surface area contributed by atoms with Gasteiger partial charge in [-0.1, -0.05) is 54.9 Å². The number of aliphatic hydroxyl groups excluding tert-OH is 1. The summed E-state index contributed by atoms with van der Waals surface area (Å²) < 4.78 is 45.5. The molecule has 0 saturated carbocycles. The minimum absolute atomic E-state index is 0.0172. The van der Waals surface area contributed by atoms with Crippen LogP contribution in [0.15, 0.2) is 69.5 Å². The van der Waals surface area contributed by atoms with Gasteiger partial charge in [-0.15, -0.1) is 0 Å². The maximum atomic E-state index is 15.4. The minimum atomic E-state index is -2.10. The fourth-order valence-electron chi connectivity index (χ4n) is 7.68. The zero-order valence-corrected chi connectivity index (χ0v) is 34.5. The van der Waals surface area contributed by atoms with E-state index in [9.17, 15) is 34.5 Å². The average Bonchev–Trinajstić information content (AvgIpc) is 3.60. The average molecular weight is 868 g/mol. The van der Waals surface area contributed by atoms with Gasteiger partial charge in [0.25, 0.3) is 11.7 Å². The van der Waals surface area contributed by atoms with E-state index in [2.05, 4.69) is 26.2 Å². The number of amides is 1. The molecule has 2 aromatic carbocycles. The van der Waals surface area contributed by atoms with E-state index in [0.717, 1.165) is 12.1 Å². The molecule has 7 bridgehead atoms. The molecule has 58 heavy (non-hydrogen) atoms. The van der Waals surface area contributed by atoms with E-state index in [1.807, 2.05) is 13.8 Å². The van der Waals surface area contributed by atoms with E-state index in [1.54, 1.807) is 19.1 Å². The molecule has 5 aliphatic rings. The number of aromatic hydroxyl groups is 2. The van der Waals surface area contributed by atoms with Crippen molar-refractivity contribution in [1.29, 1.82) is 0 Å². The van der Waals surface area contributed by atoms with Crippen LogP contribution < -0.4 is 10.1 Å². The second kappa shape index (κ2) is 16.2. The van der Waals surface area contributed by atoms with Crippen molar-refractivity contribution in [3.8, 4) is 17.2 Å². The number of carbonyl (C=O) groups excluding carboxylic acids is 4. The van der Waals surface area contributed by atoms with Gasteiger partial charge in [-0.2, -0.15) is 0 Å². The van der Waals surface area contributed by atoms with Crippen LogP contribution in [0.25, 0.3) is 0 Å². The summed E-state index contributed by atoms with van der Waals surface area (Å²) in [4.78, 5) is 59.0. The highest BCUT2D eigenvalue weighted by molar-refractivity contribution is 9.10. The number of methoxy groups -OCH3 is 1. The fraction of sp³-hybridized carbons (Fsp3) is 0.405. The molecule has 2 aromatic rings. The summed E-state index contributed by atoms with van der Waals surface area (Å²) >= 11 is 3.12. The number of ether oxygens (including phenoxy) is 5. The van der Waals surface area contributed by atoms with Crippen molar-refractivity contribution >= 4 is 50.8 Å². The van der Waals surface area contributed by atoms with Crippen molar-refractivity contribution in [3.05, 3.63) is 92.6 Å². The lowest BCUT2D eigenvalue weighted by molar-refractivity contribution is -0.168. The van der Waals surface area contributed by atoms with E-state index in [1.165, 1.54) is 59.3 Å². The molecule has 14 nitrogen and oxygen atoms in total. The smallest absolute Gasteiger partial charge is 0.312 e. The molecular formula is C42H44BrFN2O12. The lowest BCUT2D eigenvalue weighted by Crippen LogP contribution is -2.46. The van der Waals surface area contributed by atoms with Gasteiger partial charge in [0, 0.05) is 59.9 Å². The largest absolute Gasteiger partial charge is 0.507 e. The van der Waals surface area contributed by atoms with Crippen LogP contribution in [0.4, 0.5) is 10.1 Å². The number of ketones is 2. The zero-order valence-electron chi connectivity index (χ0n) is 33.0. The topological polar surface area (TPSA) is 200 Å². The Morgan fingerprint density at radius 2 is 1.74 bits per heavy atom. The van der Waals surface area contributed by atoms with E-state index < -0.39 is 100 Å².